The van der Waals surface area contributed by atoms with Crippen molar-refractivity contribution in [3.05, 3.63) is 33.3 Å². The first-order chi connectivity index (χ1) is 7.83. The van der Waals surface area contributed by atoms with Gasteiger partial charge in [-0.25, -0.2) is 0 Å². The van der Waals surface area contributed by atoms with Crippen LogP contribution in [0.1, 0.15) is 45.2 Å². The zero-order chi connectivity index (χ0) is 13.1. The molecule has 1 atom stereocenters. The predicted octanol–water partition coefficient (Wildman–Crippen LogP) is 5.19. The highest BCUT2D eigenvalue weighted by molar-refractivity contribution is 9.10. The first kappa shape index (κ1) is 15.0. The van der Waals surface area contributed by atoms with Gasteiger partial charge in [-0.1, -0.05) is 54.4 Å². The van der Waals surface area contributed by atoms with Gasteiger partial charge in [-0.2, -0.15) is 0 Å². The summed E-state index contributed by atoms with van der Waals surface area (Å²) in [4.78, 5) is 0. The first-order valence-electron chi connectivity index (χ1n) is 5.96. The van der Waals surface area contributed by atoms with Crippen LogP contribution in [0.2, 0.25) is 5.02 Å². The maximum atomic E-state index is 5.96. The molecular weight excluding hydrogens is 298 g/mol. The molecule has 1 unspecified atom stereocenters. The normalized spacial score (nSPS) is 13.8. The summed E-state index contributed by atoms with van der Waals surface area (Å²) in [5.74, 6) is 0. The molecule has 0 aliphatic heterocycles. The van der Waals surface area contributed by atoms with Crippen LogP contribution in [0.25, 0.3) is 0 Å². The van der Waals surface area contributed by atoms with E-state index in [1.165, 1.54) is 12.0 Å². The van der Waals surface area contributed by atoms with Gasteiger partial charge in [0.2, 0.25) is 0 Å². The summed E-state index contributed by atoms with van der Waals surface area (Å²) in [7, 11) is 2.01. The average molecular weight is 319 g/mol. The van der Waals surface area contributed by atoms with Crippen LogP contribution in [-0.2, 0) is 0 Å². The second-order valence-electron chi connectivity index (χ2n) is 5.61. The van der Waals surface area contributed by atoms with Crippen LogP contribution in [0.4, 0.5) is 0 Å². The Balaban J connectivity index is 2.79. The quantitative estimate of drug-likeness (QED) is 0.805. The van der Waals surface area contributed by atoms with Gasteiger partial charge in [-0.05, 0) is 43.0 Å². The van der Waals surface area contributed by atoms with E-state index in [1.807, 2.05) is 19.2 Å². The van der Waals surface area contributed by atoms with E-state index in [4.69, 9.17) is 11.6 Å². The second-order valence-corrected chi connectivity index (χ2v) is 6.90. The lowest BCUT2D eigenvalue weighted by Gasteiger charge is -2.24. The van der Waals surface area contributed by atoms with Crippen LogP contribution in [0.5, 0.6) is 0 Å². The summed E-state index contributed by atoms with van der Waals surface area (Å²) in [6.45, 7) is 6.82. The molecule has 1 N–H and O–H groups in total. The standard InChI is InChI=1S/C14H21BrClN/c1-14(2,3)8-7-13(17-4)11-6-5-10(16)9-12(11)15/h5-6,9,13,17H,7-8H2,1-4H3. The summed E-state index contributed by atoms with van der Waals surface area (Å²) < 4.78 is 1.08. The summed E-state index contributed by atoms with van der Waals surface area (Å²) in [6, 6.07) is 6.37. The van der Waals surface area contributed by atoms with Crippen LogP contribution >= 0.6 is 27.5 Å². The van der Waals surface area contributed by atoms with Crippen molar-refractivity contribution in [3.8, 4) is 0 Å². The minimum atomic E-state index is 0.369. The van der Waals surface area contributed by atoms with E-state index in [-0.39, 0.29) is 0 Å². The molecule has 0 spiro atoms. The fourth-order valence-electron chi connectivity index (χ4n) is 1.82. The topological polar surface area (TPSA) is 12.0 Å². The molecule has 0 bridgehead atoms. The molecule has 0 aromatic heterocycles. The molecule has 0 amide bonds. The highest BCUT2D eigenvalue weighted by Crippen LogP contribution is 2.32. The van der Waals surface area contributed by atoms with Crippen molar-refractivity contribution >= 4 is 27.5 Å². The van der Waals surface area contributed by atoms with E-state index in [0.717, 1.165) is 15.9 Å². The Hall–Kier alpha value is -0.0500. The Bertz CT molecular complexity index is 371. The second kappa shape index (κ2) is 6.21. The summed E-state index contributed by atoms with van der Waals surface area (Å²) in [5, 5.41) is 4.15. The number of hydrogen-bond donors (Lipinski definition) is 1. The van der Waals surface area contributed by atoms with Crippen molar-refractivity contribution in [1.82, 2.24) is 5.32 Å². The summed E-state index contributed by atoms with van der Waals surface area (Å²) in [6.07, 6.45) is 2.31. The molecular formula is C14H21BrClN. The number of rotatable bonds is 4. The third-order valence-corrected chi connectivity index (χ3v) is 3.79. The molecule has 0 saturated carbocycles. The van der Waals surface area contributed by atoms with Crippen molar-refractivity contribution in [3.63, 3.8) is 0 Å². The summed E-state index contributed by atoms with van der Waals surface area (Å²) >= 11 is 9.55. The van der Waals surface area contributed by atoms with Crippen LogP contribution < -0.4 is 5.32 Å². The minimum Gasteiger partial charge on any atom is -0.313 e. The first-order valence-corrected chi connectivity index (χ1v) is 7.13. The van der Waals surface area contributed by atoms with Gasteiger partial charge in [0.25, 0.3) is 0 Å². The van der Waals surface area contributed by atoms with Crippen molar-refractivity contribution in [2.75, 3.05) is 7.05 Å². The van der Waals surface area contributed by atoms with Gasteiger partial charge in [0.15, 0.2) is 0 Å². The Morgan fingerprint density at radius 1 is 1.35 bits per heavy atom. The molecule has 0 aliphatic carbocycles. The molecule has 0 fully saturated rings. The van der Waals surface area contributed by atoms with Gasteiger partial charge in [0.1, 0.15) is 0 Å². The molecule has 1 nitrogen and oxygen atoms in total. The fraction of sp³-hybridized carbons (Fsp3) is 0.571. The van der Waals surface area contributed by atoms with E-state index in [0.29, 0.717) is 11.5 Å². The van der Waals surface area contributed by atoms with Crippen molar-refractivity contribution in [1.29, 1.82) is 0 Å². The Kier molecular flexibility index (Phi) is 5.49. The number of halogens is 2. The lowest BCUT2D eigenvalue weighted by atomic mass is 9.87. The summed E-state index contributed by atoms with van der Waals surface area (Å²) in [5.41, 5.74) is 1.65. The number of benzene rings is 1. The Labute approximate surface area is 118 Å². The van der Waals surface area contributed by atoms with E-state index < -0.39 is 0 Å². The maximum absolute atomic E-state index is 5.96. The van der Waals surface area contributed by atoms with E-state index >= 15 is 0 Å². The third-order valence-electron chi connectivity index (χ3n) is 2.87. The Morgan fingerprint density at radius 2 is 2.00 bits per heavy atom. The highest BCUT2D eigenvalue weighted by Gasteiger charge is 2.17. The highest BCUT2D eigenvalue weighted by atomic mass is 79.9. The molecule has 0 radical (unpaired) electrons. The molecule has 0 heterocycles. The fourth-order valence-corrected chi connectivity index (χ4v) is 2.78. The van der Waals surface area contributed by atoms with Gasteiger partial charge in [-0.3, -0.25) is 0 Å². The molecule has 1 aromatic carbocycles. The lowest BCUT2D eigenvalue weighted by molar-refractivity contribution is 0.337. The van der Waals surface area contributed by atoms with Crippen molar-refractivity contribution in [2.45, 2.75) is 39.7 Å². The SMILES string of the molecule is CNC(CCC(C)(C)C)c1ccc(Cl)cc1Br. The van der Waals surface area contributed by atoms with Crippen molar-refractivity contribution in [2.24, 2.45) is 5.41 Å². The molecule has 17 heavy (non-hydrogen) atoms. The number of hydrogen-bond acceptors (Lipinski definition) is 1. The lowest BCUT2D eigenvalue weighted by Crippen LogP contribution is -2.19. The van der Waals surface area contributed by atoms with Gasteiger partial charge in [0, 0.05) is 15.5 Å². The number of nitrogens with one attached hydrogen (secondary N) is 1. The van der Waals surface area contributed by atoms with Crippen LogP contribution in [0.3, 0.4) is 0 Å². The molecule has 0 aliphatic rings. The molecule has 3 heteroatoms. The minimum absolute atomic E-state index is 0.369. The van der Waals surface area contributed by atoms with Gasteiger partial charge >= 0.3 is 0 Å². The largest absolute Gasteiger partial charge is 0.313 e. The maximum Gasteiger partial charge on any atom is 0.0417 e. The van der Waals surface area contributed by atoms with E-state index in [9.17, 15) is 0 Å². The van der Waals surface area contributed by atoms with Gasteiger partial charge in [0.05, 0.1) is 0 Å². The molecule has 1 rings (SSSR count). The monoisotopic (exact) mass is 317 g/mol. The van der Waals surface area contributed by atoms with E-state index in [2.05, 4.69) is 48.1 Å². The average Bonchev–Trinajstić information content (AvgIpc) is 2.19. The zero-order valence-electron chi connectivity index (χ0n) is 11.0. The van der Waals surface area contributed by atoms with Crippen LogP contribution in [0, 0.1) is 5.41 Å². The van der Waals surface area contributed by atoms with Crippen LogP contribution in [0.15, 0.2) is 22.7 Å². The van der Waals surface area contributed by atoms with E-state index in [1.54, 1.807) is 0 Å². The van der Waals surface area contributed by atoms with Crippen molar-refractivity contribution < 1.29 is 0 Å². The Morgan fingerprint density at radius 3 is 2.47 bits per heavy atom. The zero-order valence-corrected chi connectivity index (χ0v) is 13.3. The van der Waals surface area contributed by atoms with Gasteiger partial charge < -0.3 is 5.32 Å². The predicted molar refractivity (Wildman–Crippen MR) is 79.6 cm³/mol. The van der Waals surface area contributed by atoms with Gasteiger partial charge in [-0.15, -0.1) is 0 Å². The smallest absolute Gasteiger partial charge is 0.0417 e. The molecule has 1 aromatic rings. The molecule has 96 valence electrons. The third kappa shape index (κ3) is 4.99. The molecule has 0 saturated heterocycles. The van der Waals surface area contributed by atoms with Crippen LogP contribution in [-0.4, -0.2) is 7.05 Å².